The van der Waals surface area contributed by atoms with Crippen molar-refractivity contribution >= 4 is 40.4 Å². The van der Waals surface area contributed by atoms with Gasteiger partial charge in [0.2, 0.25) is 0 Å². The summed E-state index contributed by atoms with van der Waals surface area (Å²) < 4.78 is 19.1. The zero-order chi connectivity index (χ0) is 22.5. The summed E-state index contributed by atoms with van der Waals surface area (Å²) in [5.41, 5.74) is 2.73. The number of aromatic nitrogens is 1. The standard InChI is InChI=1S/C24H17Cl2FN2O2S/c25-20-8-7-16(10-21(20)26)13-31-19-6-2-4-17(11-19)24-29-22(14-32-24)23(30)28-12-15-3-1-5-18(27)9-15/h1-11,14H,12-13H2,(H,28,30). The summed E-state index contributed by atoms with van der Waals surface area (Å²) >= 11 is 13.4. The molecule has 3 aromatic carbocycles. The molecule has 0 spiro atoms. The smallest absolute Gasteiger partial charge is 0.271 e. The third-order valence-corrected chi connectivity index (χ3v) is 6.18. The molecule has 32 heavy (non-hydrogen) atoms. The Hall–Kier alpha value is -2.93. The molecular formula is C24H17Cl2FN2O2S. The first-order chi connectivity index (χ1) is 15.5. The van der Waals surface area contributed by atoms with E-state index in [4.69, 9.17) is 27.9 Å². The average Bonchev–Trinajstić information content (AvgIpc) is 3.29. The predicted octanol–water partition coefficient (Wildman–Crippen LogP) is 6.77. The number of benzene rings is 3. The molecule has 0 unspecified atom stereocenters. The van der Waals surface area contributed by atoms with E-state index in [-0.39, 0.29) is 18.3 Å². The maximum Gasteiger partial charge on any atom is 0.271 e. The number of carbonyl (C=O) groups is 1. The van der Waals surface area contributed by atoms with Gasteiger partial charge in [-0.25, -0.2) is 9.37 Å². The topological polar surface area (TPSA) is 51.2 Å². The summed E-state index contributed by atoms with van der Waals surface area (Å²) in [5.74, 6) is 0.0126. The van der Waals surface area contributed by atoms with Crippen molar-refractivity contribution in [2.45, 2.75) is 13.2 Å². The highest BCUT2D eigenvalue weighted by atomic mass is 35.5. The zero-order valence-electron chi connectivity index (χ0n) is 16.6. The minimum absolute atomic E-state index is 0.224. The van der Waals surface area contributed by atoms with Crippen LogP contribution in [-0.4, -0.2) is 10.9 Å². The van der Waals surface area contributed by atoms with Gasteiger partial charge in [-0.15, -0.1) is 11.3 Å². The maximum atomic E-state index is 13.3. The van der Waals surface area contributed by atoms with E-state index < -0.39 is 0 Å². The van der Waals surface area contributed by atoms with Gasteiger partial charge in [-0.2, -0.15) is 0 Å². The Morgan fingerprint density at radius 1 is 1.00 bits per heavy atom. The van der Waals surface area contributed by atoms with Crippen LogP contribution in [0.15, 0.2) is 72.1 Å². The number of nitrogens with one attached hydrogen (secondary N) is 1. The molecule has 4 rings (SSSR count). The molecule has 162 valence electrons. The third-order valence-electron chi connectivity index (χ3n) is 4.55. The van der Waals surface area contributed by atoms with Crippen molar-refractivity contribution in [2.24, 2.45) is 0 Å². The van der Waals surface area contributed by atoms with E-state index in [1.807, 2.05) is 30.3 Å². The van der Waals surface area contributed by atoms with Gasteiger partial charge in [0.25, 0.3) is 5.91 Å². The van der Waals surface area contributed by atoms with Crippen molar-refractivity contribution in [2.75, 3.05) is 0 Å². The summed E-state index contributed by atoms with van der Waals surface area (Å²) in [6.07, 6.45) is 0. The largest absolute Gasteiger partial charge is 0.489 e. The Morgan fingerprint density at radius 2 is 1.84 bits per heavy atom. The van der Waals surface area contributed by atoms with Crippen molar-refractivity contribution in [1.29, 1.82) is 0 Å². The van der Waals surface area contributed by atoms with Gasteiger partial charge in [-0.3, -0.25) is 4.79 Å². The maximum absolute atomic E-state index is 13.3. The Labute approximate surface area is 198 Å². The van der Waals surface area contributed by atoms with Crippen molar-refractivity contribution < 1.29 is 13.9 Å². The van der Waals surface area contributed by atoms with Crippen LogP contribution in [-0.2, 0) is 13.2 Å². The Morgan fingerprint density at radius 3 is 2.66 bits per heavy atom. The number of halogens is 3. The third kappa shape index (κ3) is 5.65. The fraction of sp³-hybridized carbons (Fsp3) is 0.0833. The molecule has 4 aromatic rings. The molecule has 0 aliphatic heterocycles. The highest BCUT2D eigenvalue weighted by molar-refractivity contribution is 7.13. The second-order valence-corrected chi connectivity index (χ2v) is 8.59. The lowest BCUT2D eigenvalue weighted by Crippen LogP contribution is -2.23. The fourth-order valence-electron chi connectivity index (χ4n) is 2.95. The van der Waals surface area contributed by atoms with Gasteiger partial charge in [0, 0.05) is 17.5 Å². The molecule has 0 aliphatic carbocycles. The van der Waals surface area contributed by atoms with Crippen molar-refractivity contribution in [3.63, 3.8) is 0 Å². The molecule has 0 bridgehead atoms. The quantitative estimate of drug-likeness (QED) is 0.313. The molecule has 1 heterocycles. The van der Waals surface area contributed by atoms with E-state index in [1.54, 1.807) is 29.6 Å². The second kappa shape index (κ2) is 10.1. The first kappa shape index (κ1) is 22.3. The van der Waals surface area contributed by atoms with E-state index in [2.05, 4.69) is 10.3 Å². The van der Waals surface area contributed by atoms with Gasteiger partial charge in [-0.05, 0) is 47.5 Å². The van der Waals surface area contributed by atoms with Crippen molar-refractivity contribution in [1.82, 2.24) is 10.3 Å². The Kier molecular flexibility index (Phi) is 7.05. The number of nitrogens with zero attached hydrogens (tertiary/aromatic N) is 1. The Bertz CT molecular complexity index is 1260. The average molecular weight is 487 g/mol. The SMILES string of the molecule is O=C(NCc1cccc(F)c1)c1csc(-c2cccc(OCc3ccc(Cl)c(Cl)c3)c2)n1. The number of hydrogen-bond acceptors (Lipinski definition) is 4. The summed E-state index contributed by atoms with van der Waals surface area (Å²) in [6, 6.07) is 18.9. The van der Waals surface area contributed by atoms with Gasteiger partial charge in [0.15, 0.2) is 0 Å². The van der Waals surface area contributed by atoms with Crippen LogP contribution < -0.4 is 10.1 Å². The molecular weight excluding hydrogens is 470 g/mol. The number of rotatable bonds is 7. The summed E-state index contributed by atoms with van der Waals surface area (Å²) in [5, 5.41) is 6.12. The second-order valence-electron chi connectivity index (χ2n) is 6.92. The van der Waals surface area contributed by atoms with Crippen molar-refractivity contribution in [3.8, 4) is 16.3 Å². The van der Waals surface area contributed by atoms with Gasteiger partial charge < -0.3 is 10.1 Å². The number of carbonyl (C=O) groups excluding carboxylic acids is 1. The van der Waals surface area contributed by atoms with E-state index >= 15 is 0 Å². The van der Waals surface area contributed by atoms with Crippen LogP contribution in [0.1, 0.15) is 21.6 Å². The van der Waals surface area contributed by atoms with E-state index in [9.17, 15) is 9.18 Å². The van der Waals surface area contributed by atoms with Gasteiger partial charge in [0.1, 0.15) is 28.9 Å². The number of thiazole rings is 1. The molecule has 0 radical (unpaired) electrons. The lowest BCUT2D eigenvalue weighted by molar-refractivity contribution is 0.0946. The molecule has 4 nitrogen and oxygen atoms in total. The minimum Gasteiger partial charge on any atom is -0.489 e. The molecule has 0 saturated heterocycles. The number of ether oxygens (including phenoxy) is 1. The van der Waals surface area contributed by atoms with Crippen molar-refractivity contribution in [3.05, 3.63) is 105 Å². The summed E-state index contributed by atoms with van der Waals surface area (Å²) in [4.78, 5) is 16.9. The molecule has 0 fully saturated rings. The van der Waals surface area contributed by atoms with Crippen LogP contribution in [0.4, 0.5) is 4.39 Å². The van der Waals surface area contributed by atoms with Crippen LogP contribution in [0.5, 0.6) is 5.75 Å². The first-order valence-electron chi connectivity index (χ1n) is 9.63. The van der Waals surface area contributed by atoms with Gasteiger partial charge in [-0.1, -0.05) is 53.5 Å². The lowest BCUT2D eigenvalue weighted by Gasteiger charge is -2.08. The van der Waals surface area contributed by atoms with Crippen LogP contribution >= 0.6 is 34.5 Å². The van der Waals surface area contributed by atoms with E-state index in [0.29, 0.717) is 38.7 Å². The first-order valence-corrected chi connectivity index (χ1v) is 11.3. The molecule has 0 aliphatic rings. The molecule has 1 N–H and O–H groups in total. The molecule has 8 heteroatoms. The highest BCUT2D eigenvalue weighted by Gasteiger charge is 2.12. The van der Waals surface area contributed by atoms with Crippen LogP contribution in [0, 0.1) is 5.82 Å². The normalized spacial score (nSPS) is 10.7. The number of hydrogen-bond donors (Lipinski definition) is 1. The monoisotopic (exact) mass is 486 g/mol. The molecule has 1 amide bonds. The van der Waals surface area contributed by atoms with Gasteiger partial charge >= 0.3 is 0 Å². The molecule has 1 aromatic heterocycles. The molecule has 0 atom stereocenters. The summed E-state index contributed by atoms with van der Waals surface area (Å²) in [7, 11) is 0. The zero-order valence-corrected chi connectivity index (χ0v) is 19.0. The van der Waals surface area contributed by atoms with Crippen LogP contribution in [0.25, 0.3) is 10.6 Å². The van der Waals surface area contributed by atoms with E-state index in [0.717, 1.165) is 11.1 Å². The minimum atomic E-state index is -0.339. The van der Waals surface area contributed by atoms with Gasteiger partial charge in [0.05, 0.1) is 10.0 Å². The Balaban J connectivity index is 1.40. The van der Waals surface area contributed by atoms with Crippen LogP contribution in [0.2, 0.25) is 10.0 Å². The van der Waals surface area contributed by atoms with E-state index in [1.165, 1.54) is 23.5 Å². The predicted molar refractivity (Wildman–Crippen MR) is 126 cm³/mol. The highest BCUT2D eigenvalue weighted by Crippen LogP contribution is 2.28. The summed E-state index contributed by atoms with van der Waals surface area (Å²) in [6.45, 7) is 0.563. The fourth-order valence-corrected chi connectivity index (χ4v) is 4.06. The lowest BCUT2D eigenvalue weighted by atomic mass is 10.2. The van der Waals surface area contributed by atoms with Crippen LogP contribution in [0.3, 0.4) is 0 Å². The number of amides is 1. The molecule has 0 saturated carbocycles.